The molecule has 0 unspecified atom stereocenters. The maximum absolute atomic E-state index is 13.2. The third-order valence-corrected chi connectivity index (χ3v) is 8.78. The van der Waals surface area contributed by atoms with E-state index in [1.807, 2.05) is 121 Å². The maximum atomic E-state index is 13.2. The number of hydroxylamine groups is 2. The van der Waals surface area contributed by atoms with E-state index in [0.29, 0.717) is 19.8 Å². The number of carbonyl (C=O) groups excluding carboxylic acids is 1. The summed E-state index contributed by atoms with van der Waals surface area (Å²) in [4.78, 5) is 19.7. The van der Waals surface area contributed by atoms with Gasteiger partial charge in [0.2, 0.25) is 5.79 Å². The van der Waals surface area contributed by atoms with Crippen LogP contribution in [0, 0.1) is 0 Å². The highest BCUT2D eigenvalue weighted by atomic mass is 16.8. The summed E-state index contributed by atoms with van der Waals surface area (Å²) < 4.78 is 39.0. The highest BCUT2D eigenvalue weighted by Gasteiger charge is 2.63. The molecule has 1 spiro atoms. The van der Waals surface area contributed by atoms with E-state index in [1.54, 1.807) is 14.0 Å². The standard InChI is InChI=1S/C40H45NO8/c1-3-44-39(42)34-24-40(49-41(34)2)38(47-28-33-22-14-7-15-23-33)37(46-27-32-20-12-6-13-21-32)36(45-26-31-18-10-5-11-19-31)35(48-40)29-43-25-30-16-8-4-9-17-30/h4-23,34-38H,3,24-29H2,1-2H3/t34-,35-,36-,37+,38-,40+/m1/s1. The first kappa shape index (κ1) is 34.9. The first-order chi connectivity index (χ1) is 24.0. The smallest absolute Gasteiger partial charge is 0.325 e. The monoisotopic (exact) mass is 667 g/mol. The zero-order chi connectivity index (χ0) is 33.9. The van der Waals surface area contributed by atoms with Crippen molar-refractivity contribution in [1.82, 2.24) is 5.06 Å². The lowest BCUT2D eigenvalue weighted by Crippen LogP contribution is -2.67. The number of benzene rings is 4. The van der Waals surface area contributed by atoms with Gasteiger partial charge in [-0.25, -0.2) is 0 Å². The Balaban J connectivity index is 1.36. The van der Waals surface area contributed by atoms with E-state index in [0.717, 1.165) is 22.3 Å². The van der Waals surface area contributed by atoms with Crippen LogP contribution in [0.4, 0.5) is 0 Å². The molecule has 0 saturated carbocycles. The Hall–Kier alpha value is -3.93. The lowest BCUT2D eigenvalue weighted by atomic mass is 9.88. The average Bonchev–Trinajstić information content (AvgIpc) is 3.47. The van der Waals surface area contributed by atoms with E-state index in [-0.39, 0.29) is 26.2 Å². The van der Waals surface area contributed by atoms with Crippen LogP contribution < -0.4 is 0 Å². The van der Waals surface area contributed by atoms with Gasteiger partial charge in [-0.1, -0.05) is 121 Å². The molecule has 2 heterocycles. The molecule has 0 bridgehead atoms. The van der Waals surface area contributed by atoms with Gasteiger partial charge < -0.3 is 28.4 Å². The molecule has 4 aromatic rings. The Morgan fingerprint density at radius 3 is 1.67 bits per heavy atom. The van der Waals surface area contributed by atoms with Gasteiger partial charge in [0.15, 0.2) is 0 Å². The van der Waals surface area contributed by atoms with Crippen molar-refractivity contribution >= 4 is 5.97 Å². The molecular formula is C40H45NO8. The van der Waals surface area contributed by atoms with Gasteiger partial charge in [-0.05, 0) is 29.2 Å². The normalized spacial score (nSPS) is 25.4. The minimum absolute atomic E-state index is 0.160. The van der Waals surface area contributed by atoms with Gasteiger partial charge in [0, 0.05) is 13.5 Å². The molecule has 258 valence electrons. The largest absolute Gasteiger partial charge is 0.465 e. The van der Waals surface area contributed by atoms with Gasteiger partial charge in [0.05, 0.1) is 39.6 Å². The minimum atomic E-state index is -1.41. The molecule has 4 aromatic carbocycles. The Labute approximate surface area is 288 Å². The van der Waals surface area contributed by atoms with Crippen molar-refractivity contribution in [3.63, 3.8) is 0 Å². The Bertz CT molecular complexity index is 1560. The molecule has 2 aliphatic heterocycles. The van der Waals surface area contributed by atoms with Crippen molar-refractivity contribution in [2.75, 3.05) is 20.3 Å². The number of carbonyl (C=O) groups is 1. The molecule has 0 N–H and O–H groups in total. The summed E-state index contributed by atoms with van der Waals surface area (Å²) in [5.74, 6) is -1.80. The van der Waals surface area contributed by atoms with E-state index >= 15 is 0 Å². The Morgan fingerprint density at radius 1 is 0.694 bits per heavy atom. The van der Waals surface area contributed by atoms with Gasteiger partial charge in [0.25, 0.3) is 0 Å². The predicted molar refractivity (Wildman–Crippen MR) is 183 cm³/mol. The average molecular weight is 668 g/mol. The molecule has 2 aliphatic rings. The second-order valence-corrected chi connectivity index (χ2v) is 12.3. The summed E-state index contributed by atoms with van der Waals surface area (Å²) >= 11 is 0. The van der Waals surface area contributed by atoms with Crippen LogP contribution in [0.5, 0.6) is 0 Å². The highest BCUT2D eigenvalue weighted by molar-refractivity contribution is 5.76. The molecule has 6 atom stereocenters. The SMILES string of the molecule is CCOC(=O)[C@H]1C[C@]2(O[C@H](COCc3ccccc3)[C@@H](OCc3ccccc3)[C@H](OCc3ccccc3)[C@H]2OCc2ccccc2)ON1C. The van der Waals surface area contributed by atoms with E-state index in [4.69, 9.17) is 33.3 Å². The number of rotatable bonds is 15. The summed E-state index contributed by atoms with van der Waals surface area (Å²) in [6, 6.07) is 39.1. The summed E-state index contributed by atoms with van der Waals surface area (Å²) in [5, 5.41) is 1.51. The summed E-state index contributed by atoms with van der Waals surface area (Å²) in [7, 11) is 1.71. The van der Waals surface area contributed by atoms with Crippen LogP contribution in [0.3, 0.4) is 0 Å². The first-order valence-electron chi connectivity index (χ1n) is 16.9. The summed E-state index contributed by atoms with van der Waals surface area (Å²) in [5.41, 5.74) is 4.02. The topological polar surface area (TPSA) is 84.9 Å². The molecule has 0 aliphatic carbocycles. The van der Waals surface area contributed by atoms with Gasteiger partial charge in [-0.2, -0.15) is 5.06 Å². The second-order valence-electron chi connectivity index (χ2n) is 12.3. The number of hydrogen-bond acceptors (Lipinski definition) is 9. The lowest BCUT2D eigenvalue weighted by Gasteiger charge is -2.50. The maximum Gasteiger partial charge on any atom is 0.325 e. The van der Waals surface area contributed by atoms with E-state index in [1.165, 1.54) is 5.06 Å². The number of hydrogen-bond donors (Lipinski definition) is 0. The van der Waals surface area contributed by atoms with Crippen LogP contribution in [-0.2, 0) is 64.5 Å². The number of esters is 1. The molecule has 0 amide bonds. The van der Waals surface area contributed by atoms with E-state index in [9.17, 15) is 4.79 Å². The van der Waals surface area contributed by atoms with Crippen LogP contribution in [0.15, 0.2) is 121 Å². The van der Waals surface area contributed by atoms with Crippen LogP contribution >= 0.6 is 0 Å². The minimum Gasteiger partial charge on any atom is -0.465 e. The third kappa shape index (κ3) is 9.00. The van der Waals surface area contributed by atoms with Gasteiger partial charge in [0.1, 0.15) is 30.5 Å². The van der Waals surface area contributed by atoms with Crippen molar-refractivity contribution in [2.45, 2.75) is 76.0 Å². The number of likely N-dealkylation sites (N-methyl/N-ethyl adjacent to an activating group) is 1. The fourth-order valence-electron chi connectivity index (χ4n) is 6.37. The summed E-state index contributed by atoms with van der Waals surface area (Å²) in [6.07, 6.45) is -2.58. The summed E-state index contributed by atoms with van der Waals surface area (Å²) in [6.45, 7) is 3.48. The van der Waals surface area contributed by atoms with Crippen molar-refractivity contribution < 1.29 is 38.1 Å². The van der Waals surface area contributed by atoms with Crippen molar-refractivity contribution in [1.29, 1.82) is 0 Å². The fraction of sp³-hybridized carbons (Fsp3) is 0.375. The Kier molecular flexibility index (Phi) is 12.2. The van der Waals surface area contributed by atoms with Crippen LogP contribution in [0.1, 0.15) is 35.6 Å². The third-order valence-electron chi connectivity index (χ3n) is 8.78. The quantitative estimate of drug-likeness (QED) is 0.137. The first-order valence-corrected chi connectivity index (χ1v) is 16.9. The van der Waals surface area contributed by atoms with E-state index in [2.05, 4.69) is 0 Å². The van der Waals surface area contributed by atoms with Gasteiger partial charge in [-0.3, -0.25) is 9.63 Å². The zero-order valence-electron chi connectivity index (χ0n) is 28.1. The van der Waals surface area contributed by atoms with Crippen molar-refractivity contribution in [2.24, 2.45) is 0 Å². The van der Waals surface area contributed by atoms with Crippen molar-refractivity contribution in [3.05, 3.63) is 144 Å². The van der Waals surface area contributed by atoms with E-state index < -0.39 is 42.2 Å². The second kappa shape index (κ2) is 17.1. The molecule has 49 heavy (non-hydrogen) atoms. The molecular weight excluding hydrogens is 622 g/mol. The highest BCUT2D eigenvalue weighted by Crippen LogP contribution is 2.45. The van der Waals surface area contributed by atoms with Gasteiger partial charge >= 0.3 is 5.97 Å². The van der Waals surface area contributed by atoms with Crippen LogP contribution in [0.2, 0.25) is 0 Å². The number of nitrogens with zero attached hydrogens (tertiary/aromatic N) is 1. The fourth-order valence-corrected chi connectivity index (χ4v) is 6.37. The van der Waals surface area contributed by atoms with Crippen molar-refractivity contribution in [3.8, 4) is 0 Å². The molecule has 0 radical (unpaired) electrons. The lowest BCUT2D eigenvalue weighted by molar-refractivity contribution is -0.404. The van der Waals surface area contributed by atoms with Gasteiger partial charge in [-0.15, -0.1) is 0 Å². The molecule has 9 nitrogen and oxygen atoms in total. The molecule has 2 fully saturated rings. The molecule has 2 saturated heterocycles. The predicted octanol–water partition coefficient (Wildman–Crippen LogP) is 6.25. The molecule has 9 heteroatoms. The molecule has 0 aromatic heterocycles. The zero-order valence-corrected chi connectivity index (χ0v) is 28.1. The van der Waals surface area contributed by atoms with Crippen LogP contribution in [0.25, 0.3) is 0 Å². The Morgan fingerprint density at radius 2 is 1.16 bits per heavy atom. The van der Waals surface area contributed by atoms with Crippen LogP contribution in [-0.4, -0.2) is 67.5 Å². The number of ether oxygens (including phenoxy) is 6. The molecule has 6 rings (SSSR count).